The molecule has 0 aromatic rings. The van der Waals surface area contributed by atoms with Crippen LogP contribution in [-0.2, 0) is 4.79 Å². The molecule has 76 valence electrons. The minimum atomic E-state index is -0.718. The minimum Gasteiger partial charge on any atom is -0.299 e. The third-order valence-corrected chi connectivity index (χ3v) is 4.35. The van der Waals surface area contributed by atoms with Gasteiger partial charge in [0.05, 0.1) is 0 Å². The van der Waals surface area contributed by atoms with Gasteiger partial charge in [-0.05, 0) is 18.8 Å². The molecule has 4 rings (SSSR count). The zero-order chi connectivity index (χ0) is 9.92. The second-order valence-electron chi connectivity index (χ2n) is 5.23. The van der Waals surface area contributed by atoms with Crippen LogP contribution >= 0.6 is 0 Å². The molecule has 0 amide bonds. The first-order valence-corrected chi connectivity index (χ1v) is 5.29. The molecule has 0 aliphatic heterocycles. The number of Topliss-reactive ketones (excluding diaryl/α,β-unsaturated/α-hetero) is 1. The Morgan fingerprint density at radius 2 is 1.79 bits per heavy atom. The fourth-order valence-electron chi connectivity index (χ4n) is 3.93. The summed E-state index contributed by atoms with van der Waals surface area (Å²) in [5, 5.41) is 11.1. The lowest BCUT2D eigenvalue weighted by atomic mass is 9.52. The van der Waals surface area contributed by atoms with Crippen molar-refractivity contribution in [2.24, 2.45) is 17.8 Å². The molecule has 4 aliphatic carbocycles. The first-order valence-electron chi connectivity index (χ1n) is 5.29. The van der Waals surface area contributed by atoms with E-state index in [2.05, 4.69) is 0 Å². The highest BCUT2D eigenvalue weighted by Crippen LogP contribution is 2.55. The van der Waals surface area contributed by atoms with Gasteiger partial charge in [-0.15, -0.1) is 0 Å². The quantitative estimate of drug-likeness (QED) is 0.469. The molecule has 4 nitrogen and oxygen atoms in total. The van der Waals surface area contributed by atoms with Gasteiger partial charge >= 0.3 is 0 Å². The Kier molecular flexibility index (Phi) is 1.41. The first kappa shape index (κ1) is 8.38. The highest BCUT2D eigenvalue weighted by molar-refractivity contribution is 5.85. The summed E-state index contributed by atoms with van der Waals surface area (Å²) in [5.41, 5.74) is -0.718. The SMILES string of the molecule is O=C1C2CC3CC1CC([N+](=O)[O-])(C3)C2. The van der Waals surface area contributed by atoms with Crippen molar-refractivity contribution in [1.29, 1.82) is 0 Å². The van der Waals surface area contributed by atoms with Crippen molar-refractivity contribution in [3.05, 3.63) is 10.1 Å². The van der Waals surface area contributed by atoms with Crippen LogP contribution in [0, 0.1) is 27.9 Å². The second kappa shape index (κ2) is 2.35. The van der Waals surface area contributed by atoms with Crippen LogP contribution in [0.5, 0.6) is 0 Å². The van der Waals surface area contributed by atoms with Gasteiger partial charge in [0, 0.05) is 36.0 Å². The number of nitrogens with zero attached hydrogens (tertiary/aromatic N) is 1. The number of carbonyl (C=O) groups excluding carboxylic acids is 1. The Morgan fingerprint density at radius 3 is 2.29 bits per heavy atom. The number of nitro groups is 1. The standard InChI is InChI=1S/C10H13NO3/c12-9-7-1-6-2-8(9)5-10(3-6,4-7)11(13)14/h6-8H,1-5H2. The molecule has 4 heteroatoms. The number of rotatable bonds is 1. The maximum atomic E-state index is 11.7. The molecule has 0 aromatic carbocycles. The second-order valence-corrected chi connectivity index (χ2v) is 5.23. The summed E-state index contributed by atoms with van der Waals surface area (Å²) < 4.78 is 0. The first-order chi connectivity index (χ1) is 6.61. The summed E-state index contributed by atoms with van der Waals surface area (Å²) >= 11 is 0. The normalized spacial score (nSPS) is 49.7. The van der Waals surface area contributed by atoms with Crippen molar-refractivity contribution in [2.75, 3.05) is 0 Å². The van der Waals surface area contributed by atoms with Crippen molar-refractivity contribution in [3.8, 4) is 0 Å². The van der Waals surface area contributed by atoms with E-state index in [4.69, 9.17) is 0 Å². The van der Waals surface area contributed by atoms with Crippen LogP contribution < -0.4 is 0 Å². The Labute approximate surface area is 81.8 Å². The van der Waals surface area contributed by atoms with Crippen molar-refractivity contribution in [1.82, 2.24) is 0 Å². The van der Waals surface area contributed by atoms with Gasteiger partial charge < -0.3 is 0 Å². The zero-order valence-corrected chi connectivity index (χ0v) is 7.94. The van der Waals surface area contributed by atoms with E-state index in [1.807, 2.05) is 0 Å². The summed E-state index contributed by atoms with van der Waals surface area (Å²) in [5.74, 6) is 0.812. The summed E-state index contributed by atoms with van der Waals surface area (Å²) in [6.07, 6.45) is 3.60. The van der Waals surface area contributed by atoms with E-state index in [1.54, 1.807) is 0 Å². The van der Waals surface area contributed by atoms with Gasteiger partial charge in [-0.25, -0.2) is 0 Å². The Balaban J connectivity index is 2.00. The molecule has 4 bridgehead atoms. The molecule has 0 aromatic heterocycles. The molecule has 4 saturated carbocycles. The number of carbonyl (C=O) groups is 1. The van der Waals surface area contributed by atoms with Gasteiger partial charge in [-0.2, -0.15) is 0 Å². The van der Waals surface area contributed by atoms with Gasteiger partial charge in [0.1, 0.15) is 5.78 Å². The van der Waals surface area contributed by atoms with Crippen LogP contribution in [0.2, 0.25) is 0 Å². The molecule has 0 spiro atoms. The number of ketones is 1. The summed E-state index contributed by atoms with van der Waals surface area (Å²) in [7, 11) is 0. The summed E-state index contributed by atoms with van der Waals surface area (Å²) in [4.78, 5) is 22.7. The van der Waals surface area contributed by atoms with E-state index in [9.17, 15) is 14.9 Å². The number of hydrogen-bond acceptors (Lipinski definition) is 3. The monoisotopic (exact) mass is 195 g/mol. The lowest BCUT2D eigenvalue weighted by molar-refractivity contribution is -0.585. The molecule has 14 heavy (non-hydrogen) atoms. The average Bonchev–Trinajstić information content (AvgIpc) is 2.12. The molecule has 0 heterocycles. The van der Waals surface area contributed by atoms with E-state index in [1.165, 1.54) is 0 Å². The summed E-state index contributed by atoms with van der Waals surface area (Å²) in [6, 6.07) is 0. The van der Waals surface area contributed by atoms with E-state index in [0.29, 0.717) is 24.5 Å². The minimum absolute atomic E-state index is 0.0200. The molecule has 4 fully saturated rings. The predicted molar refractivity (Wildman–Crippen MR) is 48.3 cm³/mol. The molecule has 2 unspecified atom stereocenters. The fourth-order valence-corrected chi connectivity index (χ4v) is 3.93. The van der Waals surface area contributed by atoms with Gasteiger partial charge in [0.15, 0.2) is 0 Å². The lowest BCUT2D eigenvalue weighted by Crippen LogP contribution is -2.58. The van der Waals surface area contributed by atoms with E-state index >= 15 is 0 Å². The van der Waals surface area contributed by atoms with E-state index in [0.717, 1.165) is 19.3 Å². The highest BCUT2D eigenvalue weighted by Gasteiger charge is 2.61. The molecular formula is C10H13NO3. The van der Waals surface area contributed by atoms with Crippen LogP contribution in [0.25, 0.3) is 0 Å². The topological polar surface area (TPSA) is 60.2 Å². The third-order valence-electron chi connectivity index (χ3n) is 4.35. The van der Waals surface area contributed by atoms with Crippen LogP contribution in [0.1, 0.15) is 32.1 Å². The average molecular weight is 195 g/mol. The maximum Gasteiger partial charge on any atom is 0.223 e. The Bertz CT molecular complexity index is 307. The van der Waals surface area contributed by atoms with Gasteiger partial charge in [0.25, 0.3) is 0 Å². The van der Waals surface area contributed by atoms with Crippen LogP contribution in [-0.4, -0.2) is 16.2 Å². The third kappa shape index (κ3) is 0.863. The molecule has 4 aliphatic rings. The Morgan fingerprint density at radius 1 is 1.21 bits per heavy atom. The van der Waals surface area contributed by atoms with Crippen molar-refractivity contribution >= 4 is 5.78 Å². The van der Waals surface area contributed by atoms with Crippen LogP contribution in [0.4, 0.5) is 0 Å². The molecule has 0 saturated heterocycles. The predicted octanol–water partition coefficient (Wildman–Crippen LogP) is 1.41. The van der Waals surface area contributed by atoms with Gasteiger partial charge in [-0.3, -0.25) is 14.9 Å². The van der Waals surface area contributed by atoms with Crippen molar-refractivity contribution in [2.45, 2.75) is 37.6 Å². The lowest BCUT2D eigenvalue weighted by Gasteiger charge is -2.50. The smallest absolute Gasteiger partial charge is 0.223 e. The molecule has 2 atom stereocenters. The molecule has 0 radical (unpaired) electrons. The maximum absolute atomic E-state index is 11.7. The van der Waals surface area contributed by atoms with Gasteiger partial charge in [-0.1, -0.05) is 0 Å². The van der Waals surface area contributed by atoms with Crippen molar-refractivity contribution in [3.63, 3.8) is 0 Å². The highest BCUT2D eigenvalue weighted by atomic mass is 16.6. The zero-order valence-electron chi connectivity index (χ0n) is 7.94. The van der Waals surface area contributed by atoms with Crippen LogP contribution in [0.3, 0.4) is 0 Å². The largest absolute Gasteiger partial charge is 0.299 e. The van der Waals surface area contributed by atoms with E-state index < -0.39 is 5.54 Å². The van der Waals surface area contributed by atoms with Crippen molar-refractivity contribution < 1.29 is 9.72 Å². The van der Waals surface area contributed by atoms with Crippen LogP contribution in [0.15, 0.2) is 0 Å². The Hall–Kier alpha value is -0.930. The summed E-state index contributed by atoms with van der Waals surface area (Å²) in [6.45, 7) is 0. The van der Waals surface area contributed by atoms with Gasteiger partial charge in [0.2, 0.25) is 5.54 Å². The molecule has 0 N–H and O–H groups in total. The van der Waals surface area contributed by atoms with E-state index in [-0.39, 0.29) is 16.8 Å². The molecular weight excluding hydrogens is 182 g/mol. The fraction of sp³-hybridized carbons (Fsp3) is 0.900. The number of hydrogen-bond donors (Lipinski definition) is 0.